The van der Waals surface area contributed by atoms with Gasteiger partial charge in [-0.1, -0.05) is 33.8 Å². The summed E-state index contributed by atoms with van der Waals surface area (Å²) in [6.07, 6.45) is 7.37. The Bertz CT molecular complexity index is 2720. The number of nitrogens with zero attached hydrogens (tertiary/aromatic N) is 7. The predicted molar refractivity (Wildman–Crippen MR) is 278 cm³/mol. The fourth-order valence-corrected chi connectivity index (χ4v) is 13.2. The molecule has 16 nitrogen and oxygen atoms in total. The number of fused-ring (bicyclic) bond motifs is 6. The van der Waals surface area contributed by atoms with Gasteiger partial charge < -0.3 is 33.7 Å². The number of esters is 1. The predicted octanol–water partition coefficient (Wildman–Crippen LogP) is 7.01. The number of benzene rings is 1. The van der Waals surface area contributed by atoms with E-state index in [0.717, 1.165) is 83.7 Å². The minimum Gasteiger partial charge on any atom is -0.464 e. The van der Waals surface area contributed by atoms with E-state index in [9.17, 15) is 23.2 Å². The molecule has 0 spiro atoms. The first kappa shape index (κ1) is 51.5. The number of rotatable bonds is 12. The van der Waals surface area contributed by atoms with E-state index in [4.69, 9.17) is 28.9 Å². The van der Waals surface area contributed by atoms with Crippen molar-refractivity contribution in [2.24, 2.45) is 23.2 Å². The molecule has 400 valence electrons. The van der Waals surface area contributed by atoms with Crippen molar-refractivity contribution in [2.45, 2.75) is 128 Å². The molecule has 6 bridgehead atoms. The van der Waals surface area contributed by atoms with Crippen molar-refractivity contribution >= 4 is 45.7 Å². The minimum atomic E-state index is -2.97. The highest BCUT2D eigenvalue weighted by molar-refractivity contribution is 7.10. The smallest absolute Gasteiger partial charge is 0.324 e. The number of halogens is 2. The lowest BCUT2D eigenvalue weighted by Gasteiger charge is -2.46. The van der Waals surface area contributed by atoms with Gasteiger partial charge in [0.15, 0.2) is 0 Å². The lowest BCUT2D eigenvalue weighted by molar-refractivity contribution is -0.165. The van der Waals surface area contributed by atoms with Gasteiger partial charge in [0, 0.05) is 104 Å². The van der Waals surface area contributed by atoms with Gasteiger partial charge >= 0.3 is 5.97 Å². The molecule has 2 aliphatic carbocycles. The lowest BCUT2D eigenvalue weighted by atomic mass is 9.84. The number of thiazole rings is 1. The van der Waals surface area contributed by atoms with Gasteiger partial charge in [-0.25, -0.2) is 19.2 Å². The summed E-state index contributed by atoms with van der Waals surface area (Å²) < 4.78 is 56.9. The van der Waals surface area contributed by atoms with E-state index in [-0.39, 0.29) is 49.0 Å². The van der Waals surface area contributed by atoms with Gasteiger partial charge in [-0.3, -0.25) is 34.2 Å². The summed E-state index contributed by atoms with van der Waals surface area (Å²) >= 11 is 1.29. The number of alkyl halides is 2. The standard InChI is InChI=1S/C55H73F2N9O7S/c1-32-33(2)45(32)50(67)60-47-49(64-29-55(56,57)30-64)51-59-43(28-74-51)35-9-12-44-39(24-35)41(26-54(4,5)31-73-53(69)42-8-7-15-66(61-42)52(47)68)48(65(44)20-23-72-38-13-21-71-22-14-38)40-25-37(27-58-46(40)34(3)70-6)63-18-16-62(17-19-63)36-10-11-36/h9,12,24-25,27-28,32-34,36,38,42,45,47,49,61H,7-8,10-11,13-23,26,29-31H2,1-6H3,(H,60,67)/t32-,33+,34-,42-,45?,47-,49-/m0/s1. The third-order valence-electron chi connectivity index (χ3n) is 17.0. The number of amides is 2. The van der Waals surface area contributed by atoms with E-state index in [0.29, 0.717) is 62.4 Å². The van der Waals surface area contributed by atoms with Crippen LogP contribution >= 0.6 is 11.3 Å². The van der Waals surface area contributed by atoms with Crippen molar-refractivity contribution in [3.05, 3.63) is 52.1 Å². The molecule has 7 aliphatic rings. The van der Waals surface area contributed by atoms with Crippen LogP contribution in [0, 0.1) is 23.2 Å². The monoisotopic (exact) mass is 1040 g/mol. The third kappa shape index (κ3) is 10.5. The van der Waals surface area contributed by atoms with Gasteiger partial charge in [0.2, 0.25) is 5.91 Å². The van der Waals surface area contributed by atoms with E-state index >= 15 is 0 Å². The van der Waals surface area contributed by atoms with Crippen LogP contribution < -0.4 is 15.6 Å². The molecule has 8 heterocycles. The number of cyclic esters (lactones) is 1. The minimum absolute atomic E-state index is 0.0820. The third-order valence-corrected chi connectivity index (χ3v) is 17.9. The van der Waals surface area contributed by atoms with Crippen LogP contribution in [0.3, 0.4) is 0 Å². The number of ether oxygens (including phenoxy) is 4. The van der Waals surface area contributed by atoms with Crippen molar-refractivity contribution in [3.8, 4) is 22.5 Å². The van der Waals surface area contributed by atoms with Gasteiger partial charge in [0.1, 0.15) is 17.1 Å². The molecule has 11 rings (SSSR count). The van der Waals surface area contributed by atoms with Gasteiger partial charge in [0.05, 0.1) is 73.5 Å². The van der Waals surface area contributed by atoms with Gasteiger partial charge in [-0.2, -0.15) is 0 Å². The number of aromatic nitrogens is 3. The topological polar surface area (TPSA) is 156 Å². The molecular weight excluding hydrogens is 969 g/mol. The van der Waals surface area contributed by atoms with Crippen LogP contribution in [0.25, 0.3) is 33.4 Å². The SMILES string of the molecule is CO[C@@H](C)c1ncc(N2CCN(C3CC3)CC2)cc1-c1c2c3cc(ccc3n1CCOC1CCOCC1)-c1csc(n1)[C@@H](N1CC(F)(F)C1)[C@H](NC(=O)C1[C@@H](C)[C@H]1C)C(=O)N1CCC[C@H](N1)C(=O)OCC(C)(C)C2. The maximum atomic E-state index is 15.0. The number of likely N-dealkylation sites (tertiary alicyclic amines) is 1. The molecule has 2 amide bonds. The normalized spacial score (nSPS) is 28.4. The molecule has 3 aromatic heterocycles. The number of hydrazine groups is 1. The summed E-state index contributed by atoms with van der Waals surface area (Å²) in [5, 5.41) is 7.76. The summed E-state index contributed by atoms with van der Waals surface area (Å²) in [7, 11) is 1.71. The average Bonchev–Trinajstić information content (AvgIpc) is 4.26. The first-order valence-corrected chi connectivity index (χ1v) is 27.9. The van der Waals surface area contributed by atoms with Gasteiger partial charge in [-0.15, -0.1) is 11.3 Å². The molecule has 6 fully saturated rings. The second kappa shape index (κ2) is 20.7. The molecule has 0 radical (unpaired) electrons. The largest absolute Gasteiger partial charge is 0.464 e. The molecule has 2 N–H and O–H groups in total. The van der Waals surface area contributed by atoms with Crippen LogP contribution in [-0.2, 0) is 46.3 Å². The van der Waals surface area contributed by atoms with E-state index < -0.39 is 54.4 Å². The quantitative estimate of drug-likeness (QED) is 0.140. The zero-order valence-electron chi connectivity index (χ0n) is 43.7. The second-order valence-corrected chi connectivity index (χ2v) is 23.8. The van der Waals surface area contributed by atoms with Gasteiger partial charge in [0.25, 0.3) is 11.8 Å². The number of anilines is 1. The van der Waals surface area contributed by atoms with E-state index in [1.807, 2.05) is 38.4 Å². The highest BCUT2D eigenvalue weighted by Gasteiger charge is 2.54. The number of piperazine rings is 1. The summed E-state index contributed by atoms with van der Waals surface area (Å²) in [6.45, 7) is 15.5. The Morgan fingerprint density at radius 3 is 2.46 bits per heavy atom. The fraction of sp³-hybridized carbons (Fsp3) is 0.655. The van der Waals surface area contributed by atoms with Gasteiger partial charge in [-0.05, 0) is 87.5 Å². The maximum Gasteiger partial charge on any atom is 0.324 e. The number of hydrogen-bond donors (Lipinski definition) is 2. The molecule has 4 aromatic rings. The number of methoxy groups -OCH3 is 1. The van der Waals surface area contributed by atoms with Crippen LogP contribution in [0.5, 0.6) is 0 Å². The Morgan fingerprint density at radius 2 is 1.76 bits per heavy atom. The maximum absolute atomic E-state index is 15.0. The van der Waals surface area contributed by atoms with Crippen LogP contribution in [0.1, 0.15) is 102 Å². The molecular formula is C55H73F2N9O7S. The molecule has 4 saturated heterocycles. The number of hydrogen-bond acceptors (Lipinski definition) is 14. The van der Waals surface area contributed by atoms with Crippen LogP contribution in [0.15, 0.2) is 35.8 Å². The Morgan fingerprint density at radius 1 is 1.00 bits per heavy atom. The number of carbonyl (C=O) groups is 3. The zero-order chi connectivity index (χ0) is 51.6. The lowest BCUT2D eigenvalue weighted by Crippen LogP contribution is -2.66. The number of carbonyl (C=O) groups excluding carboxylic acids is 3. The molecule has 1 aromatic carbocycles. The highest BCUT2D eigenvalue weighted by Crippen LogP contribution is 2.47. The molecule has 74 heavy (non-hydrogen) atoms. The van der Waals surface area contributed by atoms with Crippen molar-refractivity contribution in [1.82, 2.24) is 40.1 Å². The summed E-state index contributed by atoms with van der Waals surface area (Å²) in [5.74, 6) is -4.38. The number of pyridine rings is 1. The molecule has 19 heteroatoms. The summed E-state index contributed by atoms with van der Waals surface area (Å²) in [4.78, 5) is 60.3. The molecule has 1 unspecified atom stereocenters. The van der Waals surface area contributed by atoms with E-state index in [1.54, 1.807) is 12.0 Å². The summed E-state index contributed by atoms with van der Waals surface area (Å²) in [5.41, 5.74) is 9.82. The Balaban J connectivity index is 1.06. The van der Waals surface area contributed by atoms with Crippen LogP contribution in [0.2, 0.25) is 0 Å². The summed E-state index contributed by atoms with van der Waals surface area (Å²) in [6, 6.07) is 6.19. The van der Waals surface area contributed by atoms with Crippen LogP contribution in [-0.4, -0.2) is 157 Å². The van der Waals surface area contributed by atoms with Crippen molar-refractivity contribution in [2.75, 3.05) is 84.3 Å². The molecule has 7 atom stereocenters. The first-order valence-electron chi connectivity index (χ1n) is 27.0. The van der Waals surface area contributed by atoms with Crippen molar-refractivity contribution in [1.29, 1.82) is 0 Å². The zero-order valence-corrected chi connectivity index (χ0v) is 44.6. The Kier molecular flexibility index (Phi) is 14.4. The molecule has 2 saturated carbocycles. The Labute approximate surface area is 436 Å². The fourth-order valence-electron chi connectivity index (χ4n) is 12.2. The van der Waals surface area contributed by atoms with Crippen LogP contribution in [0.4, 0.5) is 14.5 Å². The number of nitrogens with one attached hydrogen (secondary N) is 2. The van der Waals surface area contributed by atoms with E-state index in [2.05, 4.69) is 57.2 Å². The van der Waals surface area contributed by atoms with Crippen molar-refractivity contribution in [3.63, 3.8) is 0 Å². The second-order valence-electron chi connectivity index (χ2n) is 22.9. The Hall–Kier alpha value is -4.63. The first-order chi connectivity index (χ1) is 35.6. The van der Waals surface area contributed by atoms with Crippen molar-refractivity contribution < 1.29 is 42.1 Å². The highest BCUT2D eigenvalue weighted by atomic mass is 32.1. The van der Waals surface area contributed by atoms with E-state index in [1.165, 1.54) is 29.2 Å². The average molecular weight is 1040 g/mol. The molecule has 5 aliphatic heterocycles.